The summed E-state index contributed by atoms with van der Waals surface area (Å²) in [6.07, 6.45) is 0.492. The smallest absolute Gasteiger partial charge is 0.269 e. The van der Waals surface area contributed by atoms with E-state index in [0.717, 1.165) is 0 Å². The summed E-state index contributed by atoms with van der Waals surface area (Å²) < 4.78 is 0. The van der Waals surface area contributed by atoms with E-state index >= 15 is 0 Å². The Morgan fingerprint density at radius 2 is 1.83 bits per heavy atom. The van der Waals surface area contributed by atoms with Crippen LogP contribution in [0.5, 0.6) is 0 Å². The van der Waals surface area contributed by atoms with Gasteiger partial charge in [-0.1, -0.05) is 28.1 Å². The van der Waals surface area contributed by atoms with Crippen LogP contribution in [0.2, 0.25) is 0 Å². The predicted molar refractivity (Wildman–Crippen MR) is 92.9 cm³/mol. The molecule has 2 aromatic rings. The molecule has 0 saturated carbocycles. The van der Waals surface area contributed by atoms with E-state index in [-0.39, 0.29) is 22.2 Å². The lowest BCUT2D eigenvalue weighted by atomic mass is 10.1. The van der Waals surface area contributed by atoms with Crippen molar-refractivity contribution in [1.82, 2.24) is 0 Å². The summed E-state index contributed by atoms with van der Waals surface area (Å²) in [7, 11) is 0. The van der Waals surface area contributed by atoms with Gasteiger partial charge < -0.3 is 4.90 Å². The van der Waals surface area contributed by atoms with Gasteiger partial charge >= 0.3 is 0 Å². The molecule has 1 atom stereocenters. The second-order valence-electron chi connectivity index (χ2n) is 5.40. The molecular formula is C17H13BrN2O4. The first-order chi connectivity index (χ1) is 11.5. The Bertz CT molecular complexity index is 820. The van der Waals surface area contributed by atoms with Gasteiger partial charge in [0.05, 0.1) is 15.4 Å². The number of fused-ring (bicyclic) bond motifs is 1. The molecule has 0 spiro atoms. The van der Waals surface area contributed by atoms with Gasteiger partial charge in [-0.25, -0.2) is 0 Å². The molecule has 0 N–H and O–H groups in total. The molecule has 0 aromatic heterocycles. The molecule has 0 radical (unpaired) electrons. The fourth-order valence-electron chi connectivity index (χ4n) is 2.67. The van der Waals surface area contributed by atoms with Gasteiger partial charge in [0, 0.05) is 29.8 Å². The molecule has 2 aromatic carbocycles. The minimum Gasteiger partial charge on any atom is -0.308 e. The number of halogens is 1. The van der Waals surface area contributed by atoms with E-state index in [1.54, 1.807) is 29.2 Å². The number of amides is 1. The first kappa shape index (κ1) is 16.3. The molecule has 3 rings (SSSR count). The number of anilines is 1. The highest BCUT2D eigenvalue weighted by Gasteiger charge is 2.30. The molecule has 0 saturated heterocycles. The third kappa shape index (κ3) is 2.94. The highest BCUT2D eigenvalue weighted by molar-refractivity contribution is 9.10. The SMILES string of the molecule is O=C1c2ccccc2N(C(=O)c2ccc([N+](=O)[O-])cc2)CC[C@@H]1Br. The lowest BCUT2D eigenvalue weighted by Gasteiger charge is -2.22. The average Bonchev–Trinajstić information content (AvgIpc) is 2.72. The van der Waals surface area contributed by atoms with Crippen molar-refractivity contribution >= 4 is 39.0 Å². The Balaban J connectivity index is 1.99. The number of alkyl halides is 1. The Morgan fingerprint density at radius 3 is 2.50 bits per heavy atom. The zero-order valence-corrected chi connectivity index (χ0v) is 14.1. The van der Waals surface area contributed by atoms with Gasteiger partial charge in [-0.05, 0) is 30.7 Å². The number of nitro groups is 1. The maximum Gasteiger partial charge on any atom is 0.269 e. The predicted octanol–water partition coefficient (Wildman–Crippen LogP) is 3.59. The van der Waals surface area contributed by atoms with Gasteiger partial charge in [-0.2, -0.15) is 0 Å². The van der Waals surface area contributed by atoms with E-state index in [4.69, 9.17) is 0 Å². The molecule has 1 heterocycles. The third-order valence-electron chi connectivity index (χ3n) is 3.92. The number of carbonyl (C=O) groups is 2. The van der Waals surface area contributed by atoms with Crippen LogP contribution < -0.4 is 4.90 Å². The topological polar surface area (TPSA) is 80.5 Å². The average molecular weight is 389 g/mol. The fourth-order valence-corrected chi connectivity index (χ4v) is 3.12. The van der Waals surface area contributed by atoms with Crippen LogP contribution in [-0.2, 0) is 0 Å². The molecule has 0 fully saturated rings. The number of non-ortho nitro benzene ring substituents is 1. The van der Waals surface area contributed by atoms with Gasteiger partial charge in [0.2, 0.25) is 0 Å². The lowest BCUT2D eigenvalue weighted by Crippen LogP contribution is -2.32. The van der Waals surface area contributed by atoms with Crippen LogP contribution in [-0.4, -0.2) is 28.0 Å². The number of hydrogen-bond acceptors (Lipinski definition) is 4. The van der Waals surface area contributed by atoms with Crippen LogP contribution in [0.25, 0.3) is 0 Å². The van der Waals surface area contributed by atoms with Crippen LogP contribution in [0, 0.1) is 10.1 Å². The van der Waals surface area contributed by atoms with Crippen LogP contribution >= 0.6 is 15.9 Å². The molecule has 24 heavy (non-hydrogen) atoms. The highest BCUT2D eigenvalue weighted by atomic mass is 79.9. The minimum absolute atomic E-state index is 0.0513. The minimum atomic E-state index is -0.510. The summed E-state index contributed by atoms with van der Waals surface area (Å²) >= 11 is 3.37. The number of ketones is 1. The molecule has 0 unspecified atom stereocenters. The highest BCUT2D eigenvalue weighted by Crippen LogP contribution is 2.30. The monoisotopic (exact) mass is 388 g/mol. The van der Waals surface area contributed by atoms with Crippen LogP contribution in [0.15, 0.2) is 48.5 Å². The van der Waals surface area contributed by atoms with Gasteiger partial charge in [0.25, 0.3) is 11.6 Å². The zero-order chi connectivity index (χ0) is 17.3. The maximum atomic E-state index is 12.8. The summed E-state index contributed by atoms with van der Waals surface area (Å²) in [6, 6.07) is 12.4. The fraction of sp³-hybridized carbons (Fsp3) is 0.176. The summed E-state index contributed by atoms with van der Waals surface area (Å²) in [5.74, 6) is -0.337. The van der Waals surface area contributed by atoms with E-state index in [2.05, 4.69) is 15.9 Å². The summed E-state index contributed by atoms with van der Waals surface area (Å²) in [4.78, 5) is 36.7. The summed E-state index contributed by atoms with van der Waals surface area (Å²) in [5.41, 5.74) is 1.33. The maximum absolute atomic E-state index is 12.8. The zero-order valence-electron chi connectivity index (χ0n) is 12.5. The van der Waals surface area contributed by atoms with Crippen molar-refractivity contribution in [3.63, 3.8) is 0 Å². The molecule has 7 heteroatoms. The van der Waals surface area contributed by atoms with Crippen molar-refractivity contribution in [3.05, 3.63) is 69.8 Å². The quantitative estimate of drug-likeness (QED) is 0.447. The Hall–Kier alpha value is -2.54. The number of para-hydroxylation sites is 1. The first-order valence-electron chi connectivity index (χ1n) is 7.32. The molecule has 1 aliphatic heterocycles. The normalized spacial score (nSPS) is 17.1. The van der Waals surface area contributed by atoms with Crippen molar-refractivity contribution in [1.29, 1.82) is 0 Å². The second-order valence-corrected chi connectivity index (χ2v) is 6.50. The Kier molecular flexibility index (Phi) is 4.44. The molecular weight excluding hydrogens is 376 g/mol. The second kappa shape index (κ2) is 6.52. The number of hydrogen-bond donors (Lipinski definition) is 0. The van der Waals surface area contributed by atoms with Crippen LogP contribution in [0.3, 0.4) is 0 Å². The number of Topliss-reactive ketones (excluding diaryl/α,β-unsaturated/α-hetero) is 1. The Morgan fingerprint density at radius 1 is 1.17 bits per heavy atom. The summed E-state index contributed by atoms with van der Waals surface area (Å²) in [5, 5.41) is 10.7. The molecule has 1 amide bonds. The number of carbonyl (C=O) groups excluding carboxylic acids is 2. The largest absolute Gasteiger partial charge is 0.308 e. The van der Waals surface area contributed by atoms with Crippen molar-refractivity contribution in [2.24, 2.45) is 0 Å². The van der Waals surface area contributed by atoms with E-state index < -0.39 is 4.92 Å². The number of benzene rings is 2. The van der Waals surface area contributed by atoms with Gasteiger partial charge in [-0.3, -0.25) is 19.7 Å². The van der Waals surface area contributed by atoms with Crippen molar-refractivity contribution < 1.29 is 14.5 Å². The van der Waals surface area contributed by atoms with Crippen molar-refractivity contribution in [3.8, 4) is 0 Å². The van der Waals surface area contributed by atoms with Gasteiger partial charge in [0.15, 0.2) is 5.78 Å². The molecule has 0 aliphatic carbocycles. The van der Waals surface area contributed by atoms with E-state index in [9.17, 15) is 19.7 Å². The van der Waals surface area contributed by atoms with E-state index in [1.165, 1.54) is 24.3 Å². The van der Waals surface area contributed by atoms with E-state index in [1.807, 2.05) is 0 Å². The standard InChI is InChI=1S/C17H13BrN2O4/c18-14-9-10-19(15-4-2-1-3-13(15)16(14)21)17(22)11-5-7-12(8-6-11)20(23)24/h1-8,14H,9-10H2/t14-/m0/s1. The van der Waals surface area contributed by atoms with Gasteiger partial charge in [-0.15, -0.1) is 0 Å². The van der Waals surface area contributed by atoms with Crippen LogP contribution in [0.1, 0.15) is 27.1 Å². The van der Waals surface area contributed by atoms with Gasteiger partial charge in [0.1, 0.15) is 0 Å². The van der Waals surface area contributed by atoms with Crippen LogP contribution in [0.4, 0.5) is 11.4 Å². The van der Waals surface area contributed by atoms with Crippen molar-refractivity contribution in [2.45, 2.75) is 11.2 Å². The van der Waals surface area contributed by atoms with Crippen molar-refractivity contribution in [2.75, 3.05) is 11.4 Å². The summed E-state index contributed by atoms with van der Waals surface area (Å²) in [6.45, 7) is 0.383. The Labute approximate surface area is 146 Å². The lowest BCUT2D eigenvalue weighted by molar-refractivity contribution is -0.384. The number of rotatable bonds is 2. The number of nitro benzene ring substituents is 1. The molecule has 0 bridgehead atoms. The molecule has 1 aliphatic rings. The molecule has 6 nitrogen and oxygen atoms in total. The first-order valence-corrected chi connectivity index (χ1v) is 8.24. The number of nitrogens with zero attached hydrogens (tertiary/aromatic N) is 2. The molecule has 122 valence electrons. The third-order valence-corrected chi connectivity index (χ3v) is 4.79. The van der Waals surface area contributed by atoms with E-state index in [0.29, 0.717) is 29.8 Å².